The summed E-state index contributed by atoms with van der Waals surface area (Å²) in [5.74, 6) is 0.709. The quantitative estimate of drug-likeness (QED) is 0.203. The highest BCUT2D eigenvalue weighted by Crippen LogP contribution is 2.19. The Morgan fingerprint density at radius 2 is 2.26 bits per heavy atom. The number of likely N-dealkylation sites (tertiary alicyclic amines) is 1. The van der Waals surface area contributed by atoms with Crippen molar-refractivity contribution in [2.75, 3.05) is 32.7 Å². The molecule has 0 radical (unpaired) electrons. The molecule has 2 heterocycles. The van der Waals surface area contributed by atoms with Crippen molar-refractivity contribution in [3.63, 3.8) is 0 Å². The predicted octanol–water partition coefficient (Wildman–Crippen LogP) is 1.20. The molecule has 1 amide bonds. The van der Waals surface area contributed by atoms with E-state index in [4.69, 9.17) is 5.73 Å². The molecule has 1 aliphatic rings. The van der Waals surface area contributed by atoms with Crippen LogP contribution >= 0.6 is 35.3 Å². The molecule has 11 heteroatoms. The first-order chi connectivity index (χ1) is 12.4. The Hall–Kier alpha value is -0.920. The molecule has 0 saturated carbocycles. The lowest BCUT2D eigenvalue weighted by molar-refractivity contribution is -0.119. The Labute approximate surface area is 182 Å². The number of sulfonamides is 1. The van der Waals surface area contributed by atoms with Gasteiger partial charge in [0.25, 0.3) is 0 Å². The number of thiophene rings is 1. The van der Waals surface area contributed by atoms with Gasteiger partial charge in [-0.1, -0.05) is 6.07 Å². The fourth-order valence-electron chi connectivity index (χ4n) is 2.96. The van der Waals surface area contributed by atoms with Gasteiger partial charge in [-0.25, -0.2) is 13.1 Å². The summed E-state index contributed by atoms with van der Waals surface area (Å²) < 4.78 is 27.1. The van der Waals surface area contributed by atoms with Crippen molar-refractivity contribution >= 4 is 57.2 Å². The lowest BCUT2D eigenvalue weighted by Crippen LogP contribution is -2.47. The average Bonchev–Trinajstić information content (AvgIpc) is 3.13. The van der Waals surface area contributed by atoms with Crippen LogP contribution in [0.15, 0.2) is 26.7 Å². The maximum Gasteiger partial charge on any atom is 0.250 e. The first kappa shape index (κ1) is 24.1. The Morgan fingerprint density at radius 3 is 2.89 bits per heavy atom. The van der Waals surface area contributed by atoms with Crippen LogP contribution in [-0.4, -0.2) is 57.9 Å². The SMILES string of the molecule is CCNC(=NCCNS(=O)(=O)c1cccs1)N1CCCC(CC(N)=O)C1.I. The van der Waals surface area contributed by atoms with Crippen molar-refractivity contribution in [3.05, 3.63) is 17.5 Å². The molecular weight excluding hydrogens is 501 g/mol. The van der Waals surface area contributed by atoms with Crippen molar-refractivity contribution in [1.82, 2.24) is 14.9 Å². The number of guanidine groups is 1. The normalized spacial score (nSPS) is 18.0. The summed E-state index contributed by atoms with van der Waals surface area (Å²) in [6, 6.07) is 3.28. The Bertz CT molecular complexity index is 710. The Kier molecular flexibility index (Phi) is 10.6. The molecule has 2 rings (SSSR count). The number of primary amides is 1. The molecule has 154 valence electrons. The Balaban J connectivity index is 0.00000364. The van der Waals surface area contributed by atoms with E-state index in [0.29, 0.717) is 17.2 Å². The summed E-state index contributed by atoms with van der Waals surface area (Å²) in [7, 11) is -3.46. The maximum absolute atomic E-state index is 12.1. The number of piperidine rings is 1. The molecule has 1 unspecified atom stereocenters. The van der Waals surface area contributed by atoms with Gasteiger partial charge < -0.3 is 16.0 Å². The highest BCUT2D eigenvalue weighted by atomic mass is 127. The third kappa shape index (κ3) is 7.92. The number of hydrogen-bond acceptors (Lipinski definition) is 5. The third-order valence-electron chi connectivity index (χ3n) is 4.07. The van der Waals surface area contributed by atoms with E-state index in [-0.39, 0.29) is 42.3 Å². The number of nitrogens with one attached hydrogen (secondary N) is 2. The van der Waals surface area contributed by atoms with Crippen LogP contribution in [-0.2, 0) is 14.8 Å². The lowest BCUT2D eigenvalue weighted by Gasteiger charge is -2.34. The zero-order chi connectivity index (χ0) is 19.0. The van der Waals surface area contributed by atoms with Crippen molar-refractivity contribution in [2.45, 2.75) is 30.4 Å². The number of carbonyl (C=O) groups is 1. The minimum absolute atomic E-state index is 0. The number of hydrogen-bond donors (Lipinski definition) is 3. The molecule has 0 aromatic carbocycles. The molecule has 4 N–H and O–H groups in total. The molecule has 0 aliphatic carbocycles. The second-order valence-corrected chi connectivity index (χ2v) is 9.13. The summed E-state index contributed by atoms with van der Waals surface area (Å²) >= 11 is 1.19. The second-order valence-electron chi connectivity index (χ2n) is 6.19. The summed E-state index contributed by atoms with van der Waals surface area (Å²) in [6.07, 6.45) is 2.35. The first-order valence-electron chi connectivity index (χ1n) is 8.77. The minimum Gasteiger partial charge on any atom is -0.370 e. The van der Waals surface area contributed by atoms with Gasteiger partial charge in [0.15, 0.2) is 5.96 Å². The van der Waals surface area contributed by atoms with Gasteiger partial charge in [0.1, 0.15) is 4.21 Å². The van der Waals surface area contributed by atoms with Crippen LogP contribution in [0.5, 0.6) is 0 Å². The van der Waals surface area contributed by atoms with E-state index in [1.165, 1.54) is 11.3 Å². The van der Waals surface area contributed by atoms with Crippen LogP contribution in [0.25, 0.3) is 0 Å². The highest BCUT2D eigenvalue weighted by molar-refractivity contribution is 14.0. The summed E-state index contributed by atoms with van der Waals surface area (Å²) in [4.78, 5) is 17.8. The molecule has 27 heavy (non-hydrogen) atoms. The number of halogens is 1. The molecule has 8 nitrogen and oxygen atoms in total. The van der Waals surface area contributed by atoms with Gasteiger partial charge in [-0.2, -0.15) is 0 Å². The zero-order valence-electron chi connectivity index (χ0n) is 15.4. The highest BCUT2D eigenvalue weighted by Gasteiger charge is 2.23. The van der Waals surface area contributed by atoms with Crippen molar-refractivity contribution in [2.24, 2.45) is 16.6 Å². The smallest absolute Gasteiger partial charge is 0.250 e. The standard InChI is InChI=1S/C16H27N5O3S2.HI/c1-2-18-16(21-9-3-5-13(12-21)11-14(17)22)19-7-8-20-26(23,24)15-6-4-10-25-15;/h4,6,10,13,20H,2-3,5,7-9,11-12H2,1H3,(H2,17,22)(H,18,19);1H. The van der Waals surface area contributed by atoms with Gasteiger partial charge >= 0.3 is 0 Å². The number of amides is 1. The van der Waals surface area contributed by atoms with Crippen molar-refractivity contribution < 1.29 is 13.2 Å². The maximum atomic E-state index is 12.1. The molecule has 1 aliphatic heterocycles. The van der Waals surface area contributed by atoms with Crippen LogP contribution < -0.4 is 15.8 Å². The van der Waals surface area contributed by atoms with E-state index < -0.39 is 10.0 Å². The van der Waals surface area contributed by atoms with Crippen LogP contribution in [0, 0.1) is 5.92 Å². The van der Waals surface area contributed by atoms with Gasteiger partial charge in [-0.05, 0) is 37.1 Å². The third-order valence-corrected chi connectivity index (χ3v) is 6.93. The number of nitrogens with zero attached hydrogens (tertiary/aromatic N) is 2. The van der Waals surface area contributed by atoms with E-state index in [1.807, 2.05) is 6.92 Å². The van der Waals surface area contributed by atoms with E-state index in [0.717, 1.165) is 38.4 Å². The number of carbonyl (C=O) groups excluding carboxylic acids is 1. The number of rotatable bonds is 8. The molecular formula is C16H28IN5O3S2. The van der Waals surface area contributed by atoms with Gasteiger partial charge in [0, 0.05) is 32.6 Å². The molecule has 0 bridgehead atoms. The monoisotopic (exact) mass is 529 g/mol. The van der Waals surface area contributed by atoms with Crippen LogP contribution in [0.1, 0.15) is 26.2 Å². The van der Waals surface area contributed by atoms with Gasteiger partial charge in [-0.15, -0.1) is 35.3 Å². The van der Waals surface area contributed by atoms with Gasteiger partial charge in [0.2, 0.25) is 15.9 Å². The van der Waals surface area contributed by atoms with Crippen LogP contribution in [0.2, 0.25) is 0 Å². The molecule has 1 atom stereocenters. The zero-order valence-corrected chi connectivity index (χ0v) is 19.4. The van der Waals surface area contributed by atoms with E-state index in [9.17, 15) is 13.2 Å². The molecule has 1 aromatic rings. The topological polar surface area (TPSA) is 117 Å². The number of nitrogens with two attached hydrogens (primary N) is 1. The average molecular weight is 529 g/mol. The van der Waals surface area contributed by atoms with Crippen molar-refractivity contribution in [3.8, 4) is 0 Å². The Morgan fingerprint density at radius 1 is 1.48 bits per heavy atom. The second kappa shape index (κ2) is 11.8. The van der Waals surface area contributed by atoms with Crippen molar-refractivity contribution in [1.29, 1.82) is 0 Å². The molecule has 1 saturated heterocycles. The summed E-state index contributed by atoms with van der Waals surface area (Å²) in [5, 5.41) is 4.97. The lowest BCUT2D eigenvalue weighted by atomic mass is 9.95. The largest absolute Gasteiger partial charge is 0.370 e. The van der Waals surface area contributed by atoms with Crippen LogP contribution in [0.4, 0.5) is 0 Å². The minimum atomic E-state index is -3.46. The van der Waals surface area contributed by atoms with Gasteiger partial charge in [0.05, 0.1) is 6.54 Å². The fraction of sp³-hybridized carbons (Fsp3) is 0.625. The van der Waals surface area contributed by atoms with E-state index in [1.54, 1.807) is 17.5 Å². The number of aliphatic imine (C=N–C) groups is 1. The molecule has 1 aromatic heterocycles. The van der Waals surface area contributed by atoms with Crippen LogP contribution in [0.3, 0.4) is 0 Å². The molecule has 0 spiro atoms. The van der Waals surface area contributed by atoms with Gasteiger partial charge in [-0.3, -0.25) is 9.79 Å². The molecule has 1 fully saturated rings. The summed E-state index contributed by atoms with van der Waals surface area (Å²) in [5.41, 5.74) is 5.32. The summed E-state index contributed by atoms with van der Waals surface area (Å²) in [6.45, 7) is 4.87. The first-order valence-corrected chi connectivity index (χ1v) is 11.1. The predicted molar refractivity (Wildman–Crippen MR) is 119 cm³/mol. The van der Waals surface area contributed by atoms with E-state index in [2.05, 4.69) is 19.9 Å². The fourth-order valence-corrected chi connectivity index (χ4v) is 5.02. The van der Waals surface area contributed by atoms with E-state index >= 15 is 0 Å².